The van der Waals surface area contributed by atoms with Crippen LogP contribution in [0.4, 0.5) is 0 Å². The van der Waals surface area contributed by atoms with Gasteiger partial charge >= 0.3 is 5.97 Å². The molecule has 148 valence electrons. The van der Waals surface area contributed by atoms with E-state index < -0.39 is 0 Å². The Morgan fingerprint density at radius 3 is 2.04 bits per heavy atom. The van der Waals surface area contributed by atoms with Crippen molar-refractivity contribution in [3.63, 3.8) is 0 Å². The topological polar surface area (TPSA) is 66.8 Å². The standard InChI is InChI=1S/C22H36O4/c1-3-4-5-6-7-8-9-10-11-12-18(2)17-26-22(25)15-19-13-20(23)16-21(24)14-19/h13-14,16,18,23-24H,3-12,15,17H2,1-2H3. The number of unbranched alkanes of at least 4 members (excludes halogenated alkanes) is 8. The van der Waals surface area contributed by atoms with Gasteiger partial charge in [-0.15, -0.1) is 0 Å². The third-order valence-corrected chi connectivity index (χ3v) is 4.64. The van der Waals surface area contributed by atoms with Crippen LogP contribution in [0, 0.1) is 5.92 Å². The summed E-state index contributed by atoms with van der Waals surface area (Å²) in [5.41, 5.74) is 0.555. The van der Waals surface area contributed by atoms with Crippen molar-refractivity contribution in [1.82, 2.24) is 0 Å². The molecule has 1 aromatic carbocycles. The minimum Gasteiger partial charge on any atom is -0.508 e. The van der Waals surface area contributed by atoms with Crippen molar-refractivity contribution in [3.05, 3.63) is 23.8 Å². The summed E-state index contributed by atoms with van der Waals surface area (Å²) < 4.78 is 5.32. The van der Waals surface area contributed by atoms with Crippen LogP contribution in [0.2, 0.25) is 0 Å². The Morgan fingerprint density at radius 1 is 0.923 bits per heavy atom. The molecule has 4 heteroatoms. The highest BCUT2D eigenvalue weighted by Gasteiger charge is 2.10. The van der Waals surface area contributed by atoms with Crippen LogP contribution in [0.1, 0.15) is 83.6 Å². The second-order valence-corrected chi connectivity index (χ2v) is 7.44. The first-order valence-electron chi connectivity index (χ1n) is 10.2. The van der Waals surface area contributed by atoms with Crippen LogP contribution in [0.25, 0.3) is 0 Å². The highest BCUT2D eigenvalue weighted by atomic mass is 16.5. The first kappa shape index (κ1) is 22.3. The maximum atomic E-state index is 11.9. The molecule has 0 aliphatic rings. The third kappa shape index (κ3) is 11.0. The summed E-state index contributed by atoms with van der Waals surface area (Å²) in [5, 5.41) is 18.9. The van der Waals surface area contributed by atoms with Crippen molar-refractivity contribution in [1.29, 1.82) is 0 Å². The summed E-state index contributed by atoms with van der Waals surface area (Å²) in [6.45, 7) is 4.79. The SMILES string of the molecule is CCCCCCCCCCCC(C)COC(=O)Cc1cc(O)cc(O)c1. The number of ether oxygens (including phenoxy) is 1. The molecule has 0 radical (unpaired) electrons. The number of phenols is 2. The molecular formula is C22H36O4. The van der Waals surface area contributed by atoms with Crippen molar-refractivity contribution in [3.8, 4) is 11.5 Å². The smallest absolute Gasteiger partial charge is 0.310 e. The van der Waals surface area contributed by atoms with Crippen molar-refractivity contribution >= 4 is 5.97 Å². The number of aromatic hydroxyl groups is 2. The van der Waals surface area contributed by atoms with Gasteiger partial charge in [0, 0.05) is 6.07 Å². The highest BCUT2D eigenvalue weighted by molar-refractivity contribution is 5.73. The fraction of sp³-hybridized carbons (Fsp3) is 0.682. The first-order valence-corrected chi connectivity index (χ1v) is 10.2. The van der Waals surface area contributed by atoms with Gasteiger partial charge in [0.1, 0.15) is 11.5 Å². The molecule has 0 bridgehead atoms. The van der Waals surface area contributed by atoms with E-state index in [1.54, 1.807) is 0 Å². The van der Waals surface area contributed by atoms with Gasteiger partial charge in [-0.25, -0.2) is 0 Å². The fourth-order valence-electron chi connectivity index (χ4n) is 3.10. The van der Waals surface area contributed by atoms with Gasteiger partial charge in [0.25, 0.3) is 0 Å². The van der Waals surface area contributed by atoms with Crippen molar-refractivity contribution in [2.45, 2.75) is 84.5 Å². The maximum absolute atomic E-state index is 11.9. The lowest BCUT2D eigenvalue weighted by molar-refractivity contribution is -0.144. The van der Waals surface area contributed by atoms with Crippen LogP contribution in [0.15, 0.2) is 18.2 Å². The summed E-state index contributed by atoms with van der Waals surface area (Å²) in [6.07, 6.45) is 13.0. The number of phenolic OH excluding ortho intramolecular Hbond substituents is 2. The molecule has 26 heavy (non-hydrogen) atoms. The second-order valence-electron chi connectivity index (χ2n) is 7.44. The van der Waals surface area contributed by atoms with Gasteiger partial charge in [0.2, 0.25) is 0 Å². The molecule has 0 spiro atoms. The summed E-state index contributed by atoms with van der Waals surface area (Å²) in [6, 6.07) is 4.17. The third-order valence-electron chi connectivity index (χ3n) is 4.64. The Morgan fingerprint density at radius 2 is 1.46 bits per heavy atom. The number of carbonyl (C=O) groups excluding carboxylic acids is 1. The van der Waals surface area contributed by atoms with E-state index in [4.69, 9.17) is 4.74 Å². The number of benzene rings is 1. The van der Waals surface area contributed by atoms with E-state index >= 15 is 0 Å². The normalized spacial score (nSPS) is 12.1. The minimum atomic E-state index is -0.325. The summed E-state index contributed by atoms with van der Waals surface area (Å²) in [5.74, 6) is -0.0620. The number of esters is 1. The molecule has 0 saturated carbocycles. The zero-order valence-electron chi connectivity index (χ0n) is 16.5. The van der Waals surface area contributed by atoms with Crippen LogP contribution in [0.5, 0.6) is 11.5 Å². The van der Waals surface area contributed by atoms with Gasteiger partial charge < -0.3 is 14.9 Å². The first-order chi connectivity index (χ1) is 12.5. The number of hydrogen-bond donors (Lipinski definition) is 2. The molecule has 1 rings (SSSR count). The van der Waals surface area contributed by atoms with E-state index in [2.05, 4.69) is 13.8 Å². The summed E-state index contributed by atoms with van der Waals surface area (Å²) in [4.78, 5) is 11.9. The highest BCUT2D eigenvalue weighted by Crippen LogP contribution is 2.21. The Labute approximate surface area is 158 Å². The van der Waals surface area contributed by atoms with E-state index in [0.717, 1.165) is 6.42 Å². The fourth-order valence-corrected chi connectivity index (χ4v) is 3.10. The number of rotatable bonds is 14. The Balaban J connectivity index is 2.05. The predicted octanol–water partition coefficient (Wildman–Crippen LogP) is 5.74. The van der Waals surface area contributed by atoms with E-state index in [1.807, 2.05) is 0 Å². The van der Waals surface area contributed by atoms with Gasteiger partial charge in [-0.2, -0.15) is 0 Å². The van der Waals surface area contributed by atoms with E-state index in [0.29, 0.717) is 18.1 Å². The van der Waals surface area contributed by atoms with Crippen LogP contribution >= 0.6 is 0 Å². The monoisotopic (exact) mass is 364 g/mol. The molecule has 0 aliphatic carbocycles. The van der Waals surface area contributed by atoms with Gasteiger partial charge in [-0.05, 0) is 30.0 Å². The van der Waals surface area contributed by atoms with Gasteiger partial charge in [-0.1, -0.05) is 71.6 Å². The summed E-state index contributed by atoms with van der Waals surface area (Å²) >= 11 is 0. The zero-order chi connectivity index (χ0) is 19.2. The van der Waals surface area contributed by atoms with Gasteiger partial charge in [-0.3, -0.25) is 4.79 Å². The van der Waals surface area contributed by atoms with Crippen LogP contribution in [-0.2, 0) is 16.0 Å². The Hall–Kier alpha value is -1.71. The van der Waals surface area contributed by atoms with Crippen LogP contribution in [0.3, 0.4) is 0 Å². The molecule has 4 nitrogen and oxygen atoms in total. The molecule has 0 heterocycles. The molecule has 2 N–H and O–H groups in total. The van der Waals surface area contributed by atoms with E-state index in [-0.39, 0.29) is 23.9 Å². The molecule has 0 saturated heterocycles. The average molecular weight is 365 g/mol. The molecule has 0 aliphatic heterocycles. The van der Waals surface area contributed by atoms with Crippen molar-refractivity contribution in [2.24, 2.45) is 5.92 Å². The Kier molecular flexibility index (Phi) is 11.6. The lowest BCUT2D eigenvalue weighted by atomic mass is 10.0. The average Bonchev–Trinajstić information content (AvgIpc) is 2.57. The van der Waals surface area contributed by atoms with Gasteiger partial charge in [0.05, 0.1) is 13.0 Å². The van der Waals surface area contributed by atoms with Crippen molar-refractivity contribution < 1.29 is 19.7 Å². The van der Waals surface area contributed by atoms with Crippen LogP contribution in [-0.4, -0.2) is 22.8 Å². The lowest BCUT2D eigenvalue weighted by Gasteiger charge is -2.12. The second kappa shape index (κ2) is 13.5. The lowest BCUT2D eigenvalue weighted by Crippen LogP contribution is -2.14. The largest absolute Gasteiger partial charge is 0.508 e. The Bertz CT molecular complexity index is 493. The van der Waals surface area contributed by atoms with Gasteiger partial charge in [0.15, 0.2) is 0 Å². The molecule has 0 fully saturated rings. The molecule has 1 aromatic rings. The number of hydrogen-bond acceptors (Lipinski definition) is 4. The molecule has 1 atom stereocenters. The molecular weight excluding hydrogens is 328 g/mol. The molecule has 1 unspecified atom stereocenters. The maximum Gasteiger partial charge on any atom is 0.310 e. The number of carbonyl (C=O) groups is 1. The minimum absolute atomic E-state index is 0.0495. The van der Waals surface area contributed by atoms with Crippen LogP contribution < -0.4 is 0 Å². The zero-order valence-corrected chi connectivity index (χ0v) is 16.5. The summed E-state index contributed by atoms with van der Waals surface area (Å²) in [7, 11) is 0. The molecule has 0 aromatic heterocycles. The van der Waals surface area contributed by atoms with Crippen molar-refractivity contribution in [2.75, 3.05) is 6.61 Å². The quantitative estimate of drug-likeness (QED) is 0.326. The predicted molar refractivity (Wildman–Crippen MR) is 105 cm³/mol. The van der Waals surface area contributed by atoms with E-state index in [1.165, 1.54) is 76.0 Å². The van der Waals surface area contributed by atoms with E-state index in [9.17, 15) is 15.0 Å². The molecule has 0 amide bonds.